The Labute approximate surface area is 210 Å². The van der Waals surface area contributed by atoms with E-state index >= 15 is 0 Å². The van der Waals surface area contributed by atoms with Gasteiger partial charge in [0.1, 0.15) is 6.33 Å². The minimum absolute atomic E-state index is 0.325. The van der Waals surface area contributed by atoms with Gasteiger partial charge in [-0.15, -0.1) is 15.3 Å². The minimum Gasteiger partial charge on any atom is -0.373 e. The number of fused-ring (bicyclic) bond motifs is 3. The van der Waals surface area contributed by atoms with Crippen LogP contribution in [0.2, 0.25) is 5.02 Å². The maximum atomic E-state index is 12.3. The molecular formula is C25H18ClN9O. The Bertz CT molecular complexity index is 1590. The lowest BCUT2D eigenvalue weighted by Crippen LogP contribution is -2.41. The lowest BCUT2D eigenvalue weighted by Gasteiger charge is -2.32. The van der Waals surface area contributed by atoms with Gasteiger partial charge in [-0.2, -0.15) is 10.8 Å². The molecule has 2 aliphatic heterocycles. The zero-order valence-electron chi connectivity index (χ0n) is 18.9. The summed E-state index contributed by atoms with van der Waals surface area (Å²) in [5, 5.41) is 40.2. The molecule has 0 fully saturated rings. The highest BCUT2D eigenvalue weighted by Crippen LogP contribution is 2.40. The predicted octanol–water partition coefficient (Wildman–Crippen LogP) is 3.45. The summed E-state index contributed by atoms with van der Waals surface area (Å²) in [5.74, 6) is 0.325. The second kappa shape index (κ2) is 8.27. The van der Waals surface area contributed by atoms with Gasteiger partial charge >= 0.3 is 0 Å². The fourth-order valence-corrected chi connectivity index (χ4v) is 4.71. The lowest BCUT2D eigenvalue weighted by molar-refractivity contribution is 0.112. The summed E-state index contributed by atoms with van der Waals surface area (Å²) in [6.45, 7) is 0. The number of aromatic nitrogens is 3. The van der Waals surface area contributed by atoms with Gasteiger partial charge in [0, 0.05) is 23.2 Å². The Hall–Kier alpha value is -4.59. The summed E-state index contributed by atoms with van der Waals surface area (Å²) < 4.78 is 1.67. The number of rotatable bonds is 4. The second-order valence-electron chi connectivity index (χ2n) is 8.42. The van der Waals surface area contributed by atoms with Crippen molar-refractivity contribution in [3.05, 3.63) is 112 Å². The third kappa shape index (κ3) is 3.33. The van der Waals surface area contributed by atoms with E-state index in [1.54, 1.807) is 47.0 Å². The van der Waals surface area contributed by atoms with Crippen LogP contribution in [0.25, 0.3) is 0 Å². The number of hydrogen-bond donors (Lipinski definition) is 2. The molecule has 0 radical (unpaired) electrons. The molecule has 176 valence electrons. The third-order valence-electron chi connectivity index (χ3n) is 6.28. The van der Waals surface area contributed by atoms with Crippen molar-refractivity contribution in [2.75, 3.05) is 5.01 Å². The highest BCUT2D eigenvalue weighted by molar-refractivity contribution is 6.31. The molecule has 2 unspecified atom stereocenters. The fourth-order valence-electron chi connectivity index (χ4n) is 4.52. The Balaban J connectivity index is 1.58. The first-order valence-corrected chi connectivity index (χ1v) is 11.4. The van der Waals surface area contributed by atoms with Crippen LogP contribution in [0.4, 0.5) is 5.69 Å². The van der Waals surface area contributed by atoms with Crippen LogP contribution in [-0.4, -0.2) is 31.9 Å². The number of anilines is 1. The first-order valence-electron chi connectivity index (χ1n) is 11.0. The summed E-state index contributed by atoms with van der Waals surface area (Å²) in [6.07, 6.45) is 0.969. The highest BCUT2D eigenvalue weighted by atomic mass is 35.5. The molecule has 4 aromatic rings. The normalized spacial score (nSPS) is 17.4. The van der Waals surface area contributed by atoms with Crippen LogP contribution >= 0.6 is 11.6 Å². The van der Waals surface area contributed by atoms with Gasteiger partial charge in [-0.1, -0.05) is 47.2 Å². The monoisotopic (exact) mass is 495 g/mol. The standard InChI is InChI=1S/C25H18ClN9O/c1-34-14-28-30-23(34)25(36,17-7-5-15(13-27)6-8-17)18-9-10-21-20(12-18)22(16-3-2-4-19(26)11-16)29-24-31-32-33-35(21)24/h2-12,14,24,36H,1H3,(H,31,33). The largest absolute Gasteiger partial charge is 0.373 e. The minimum atomic E-state index is -1.67. The molecule has 0 bridgehead atoms. The van der Waals surface area contributed by atoms with Crippen molar-refractivity contribution in [1.29, 1.82) is 5.26 Å². The van der Waals surface area contributed by atoms with E-state index in [2.05, 4.69) is 32.1 Å². The van der Waals surface area contributed by atoms with Crippen molar-refractivity contribution in [3.8, 4) is 6.07 Å². The number of nitrogens with zero attached hydrogens (tertiary/aromatic N) is 8. The Kier molecular flexibility index (Phi) is 5.03. The number of nitrogens with one attached hydrogen (secondary N) is 1. The van der Waals surface area contributed by atoms with Crippen LogP contribution in [0.3, 0.4) is 0 Å². The number of aliphatic hydroxyl groups is 1. The van der Waals surface area contributed by atoms with Crippen LogP contribution < -0.4 is 10.5 Å². The molecule has 0 aliphatic carbocycles. The Morgan fingerprint density at radius 1 is 1.08 bits per heavy atom. The molecule has 0 saturated carbocycles. The maximum Gasteiger partial charge on any atom is 0.256 e. The summed E-state index contributed by atoms with van der Waals surface area (Å²) in [5.41, 5.74) is 5.79. The van der Waals surface area contributed by atoms with E-state index in [1.165, 1.54) is 6.33 Å². The molecule has 36 heavy (non-hydrogen) atoms. The topological polar surface area (TPSA) is 127 Å². The average molecular weight is 496 g/mol. The van der Waals surface area contributed by atoms with Crippen LogP contribution in [-0.2, 0) is 12.6 Å². The van der Waals surface area contributed by atoms with Crippen molar-refractivity contribution in [1.82, 2.24) is 20.3 Å². The summed E-state index contributed by atoms with van der Waals surface area (Å²) >= 11 is 6.30. The summed E-state index contributed by atoms with van der Waals surface area (Å²) in [6, 6.07) is 21.9. The molecular weight excluding hydrogens is 478 g/mol. The van der Waals surface area contributed by atoms with Gasteiger partial charge < -0.3 is 9.67 Å². The zero-order valence-corrected chi connectivity index (χ0v) is 19.7. The maximum absolute atomic E-state index is 12.3. The molecule has 0 amide bonds. The summed E-state index contributed by atoms with van der Waals surface area (Å²) in [4.78, 5) is 4.81. The van der Waals surface area contributed by atoms with Crippen molar-refractivity contribution in [2.45, 2.75) is 11.9 Å². The van der Waals surface area contributed by atoms with E-state index in [0.717, 1.165) is 16.8 Å². The first-order chi connectivity index (χ1) is 17.5. The smallest absolute Gasteiger partial charge is 0.256 e. The number of aryl methyl sites for hydroxylation is 1. The van der Waals surface area contributed by atoms with Crippen LogP contribution in [0.15, 0.2) is 88.4 Å². The molecule has 1 aromatic heterocycles. The summed E-state index contributed by atoms with van der Waals surface area (Å²) in [7, 11) is 1.77. The van der Waals surface area contributed by atoms with Crippen molar-refractivity contribution >= 4 is 23.0 Å². The van der Waals surface area contributed by atoms with Gasteiger partial charge in [-0.3, -0.25) is 0 Å². The fraction of sp³-hybridized carbons (Fsp3) is 0.120. The third-order valence-corrected chi connectivity index (χ3v) is 6.52. The van der Waals surface area contributed by atoms with E-state index in [9.17, 15) is 10.4 Å². The molecule has 2 N–H and O–H groups in total. The first kappa shape index (κ1) is 21.9. The molecule has 11 heteroatoms. The SMILES string of the molecule is Cn1cnnc1C(O)(c1ccc(C#N)cc1)c1ccc2c(c1)C(c1cccc(Cl)c1)=NC1N=NNN21. The Morgan fingerprint density at radius 2 is 1.89 bits per heavy atom. The second-order valence-corrected chi connectivity index (χ2v) is 8.85. The van der Waals surface area contributed by atoms with Crippen LogP contribution in [0.5, 0.6) is 0 Å². The number of nitriles is 1. The van der Waals surface area contributed by atoms with Gasteiger partial charge in [-0.05, 0) is 47.5 Å². The molecule has 2 aliphatic rings. The number of benzene rings is 3. The van der Waals surface area contributed by atoms with E-state index < -0.39 is 11.9 Å². The van der Waals surface area contributed by atoms with Gasteiger partial charge in [0.25, 0.3) is 6.29 Å². The highest BCUT2D eigenvalue weighted by Gasteiger charge is 2.40. The molecule has 0 saturated heterocycles. The molecule has 3 aromatic carbocycles. The van der Waals surface area contributed by atoms with E-state index in [1.807, 2.05) is 36.4 Å². The van der Waals surface area contributed by atoms with E-state index in [-0.39, 0.29) is 0 Å². The quantitative estimate of drug-likeness (QED) is 0.446. The number of hydrogen-bond acceptors (Lipinski definition) is 9. The lowest BCUT2D eigenvalue weighted by atomic mass is 9.83. The van der Waals surface area contributed by atoms with E-state index in [0.29, 0.717) is 33.2 Å². The van der Waals surface area contributed by atoms with Crippen molar-refractivity contribution < 1.29 is 5.11 Å². The molecule has 0 spiro atoms. The van der Waals surface area contributed by atoms with Crippen LogP contribution in [0.1, 0.15) is 33.6 Å². The molecule has 2 atom stereocenters. The van der Waals surface area contributed by atoms with Gasteiger partial charge in [-0.25, -0.2) is 10.0 Å². The Morgan fingerprint density at radius 3 is 2.61 bits per heavy atom. The van der Waals surface area contributed by atoms with Crippen LogP contribution in [0, 0.1) is 11.3 Å². The number of halogens is 1. The number of hydrazine groups is 1. The van der Waals surface area contributed by atoms with Gasteiger partial charge in [0.05, 0.1) is 23.0 Å². The number of aliphatic imine (C=N–C) groups is 1. The molecule has 10 nitrogen and oxygen atoms in total. The predicted molar refractivity (Wildman–Crippen MR) is 132 cm³/mol. The average Bonchev–Trinajstić information content (AvgIpc) is 3.56. The van der Waals surface area contributed by atoms with Gasteiger partial charge in [0.2, 0.25) is 0 Å². The van der Waals surface area contributed by atoms with E-state index in [4.69, 9.17) is 16.6 Å². The molecule has 6 rings (SSSR count). The van der Waals surface area contributed by atoms with Gasteiger partial charge in [0.15, 0.2) is 11.4 Å². The molecule has 3 heterocycles. The van der Waals surface area contributed by atoms with Crippen molar-refractivity contribution in [3.63, 3.8) is 0 Å². The van der Waals surface area contributed by atoms with Crippen molar-refractivity contribution in [2.24, 2.45) is 22.4 Å². The zero-order chi connectivity index (χ0) is 24.9.